The summed E-state index contributed by atoms with van der Waals surface area (Å²) < 4.78 is 16.3. The molecule has 0 radical (unpaired) electrons. The van der Waals surface area contributed by atoms with Gasteiger partial charge in [-0.2, -0.15) is 0 Å². The largest absolute Gasteiger partial charge is 0.383 e. The van der Waals surface area contributed by atoms with Gasteiger partial charge >= 0.3 is 0 Å². The Morgan fingerprint density at radius 1 is 1.24 bits per heavy atom. The first-order valence-electron chi connectivity index (χ1n) is 10.8. The number of nitrogens with two attached hydrogens (primary N) is 1. The van der Waals surface area contributed by atoms with Gasteiger partial charge in [-0.05, 0) is 66.0 Å². The molecule has 0 aliphatic carbocycles. The van der Waals surface area contributed by atoms with Crippen LogP contribution in [0.2, 0.25) is 0 Å². The van der Waals surface area contributed by atoms with Gasteiger partial charge in [0.1, 0.15) is 46.6 Å². The third-order valence-electron chi connectivity index (χ3n) is 6.15. The third kappa shape index (κ3) is 3.85. The van der Waals surface area contributed by atoms with E-state index < -0.39 is 11.9 Å². The van der Waals surface area contributed by atoms with Gasteiger partial charge in [-0.1, -0.05) is 6.07 Å². The van der Waals surface area contributed by atoms with Crippen LogP contribution in [0.15, 0.2) is 47.3 Å². The number of likely N-dealkylation sites (tertiary alicyclic amines) is 1. The number of pyridine rings is 1. The van der Waals surface area contributed by atoms with Crippen LogP contribution in [0, 0.1) is 5.82 Å². The molecule has 3 aromatic heterocycles. The van der Waals surface area contributed by atoms with Gasteiger partial charge in [0, 0.05) is 11.4 Å². The normalized spacial score (nSPS) is 18.0. The number of nitrogens with zero attached hydrogens (tertiary/aromatic N) is 5. The smallest absolute Gasteiger partial charge is 0.248 e. The zero-order valence-electron chi connectivity index (χ0n) is 18.2. The highest BCUT2D eigenvalue weighted by molar-refractivity contribution is 9.10. The maximum atomic E-state index is 14.0. The molecule has 1 aromatic carbocycles. The van der Waals surface area contributed by atoms with Crippen molar-refractivity contribution in [1.29, 1.82) is 0 Å². The number of anilines is 2. The van der Waals surface area contributed by atoms with Crippen LogP contribution in [-0.2, 0) is 16.1 Å². The molecule has 11 heteroatoms. The molecule has 2 atom stereocenters. The fourth-order valence-electron chi connectivity index (χ4n) is 4.64. The first kappa shape index (κ1) is 22.2. The summed E-state index contributed by atoms with van der Waals surface area (Å²) in [6.07, 6.45) is 2.55. The monoisotopic (exact) mass is 525 g/mol. The summed E-state index contributed by atoms with van der Waals surface area (Å²) in [6.45, 7) is 1.84. The van der Waals surface area contributed by atoms with Crippen molar-refractivity contribution in [3.05, 3.63) is 53.1 Å². The van der Waals surface area contributed by atoms with Crippen LogP contribution in [0.1, 0.15) is 19.8 Å². The minimum absolute atomic E-state index is 0.0780. The van der Waals surface area contributed by atoms with E-state index >= 15 is 0 Å². The van der Waals surface area contributed by atoms with Crippen molar-refractivity contribution in [2.45, 2.75) is 38.4 Å². The summed E-state index contributed by atoms with van der Waals surface area (Å²) in [7, 11) is 0. The molecule has 0 bridgehead atoms. The average Bonchev–Trinajstić information content (AvgIpc) is 3.32. The Hall–Kier alpha value is -3.60. The number of carbonyl (C=O) groups excluding carboxylic acids is 2. The SMILES string of the molecule is C[C@@H]1CC[C@@H](C(=O)Nc2cccc(Br)n2)N1C(=O)Cn1c2ccc(F)cc2c2c(N)ncnc21. The maximum Gasteiger partial charge on any atom is 0.248 e. The lowest BCUT2D eigenvalue weighted by Gasteiger charge is -2.28. The number of hydrogen-bond acceptors (Lipinski definition) is 6. The first-order chi connectivity index (χ1) is 16.3. The van der Waals surface area contributed by atoms with Crippen LogP contribution in [-0.4, -0.2) is 48.3 Å². The van der Waals surface area contributed by atoms with E-state index in [1.165, 1.54) is 18.5 Å². The molecule has 1 saturated heterocycles. The minimum Gasteiger partial charge on any atom is -0.383 e. The lowest BCUT2D eigenvalue weighted by atomic mass is 10.2. The number of amides is 2. The quantitative estimate of drug-likeness (QED) is 0.393. The van der Waals surface area contributed by atoms with E-state index in [1.807, 2.05) is 6.92 Å². The number of rotatable bonds is 4. The van der Waals surface area contributed by atoms with Crippen molar-refractivity contribution >= 4 is 61.3 Å². The molecule has 0 unspecified atom stereocenters. The summed E-state index contributed by atoms with van der Waals surface area (Å²) in [5, 5.41) is 3.83. The molecular weight excluding hydrogens is 505 g/mol. The molecule has 174 valence electrons. The second-order valence-electron chi connectivity index (χ2n) is 8.28. The zero-order chi connectivity index (χ0) is 24.0. The predicted molar refractivity (Wildman–Crippen MR) is 129 cm³/mol. The highest BCUT2D eigenvalue weighted by Crippen LogP contribution is 2.32. The topological polar surface area (TPSA) is 119 Å². The van der Waals surface area contributed by atoms with Crippen LogP contribution in [0.4, 0.5) is 16.0 Å². The molecule has 5 rings (SSSR count). The number of nitrogens with one attached hydrogen (secondary N) is 1. The summed E-state index contributed by atoms with van der Waals surface area (Å²) in [4.78, 5) is 40.8. The third-order valence-corrected chi connectivity index (χ3v) is 6.59. The van der Waals surface area contributed by atoms with E-state index in [4.69, 9.17) is 5.73 Å². The number of benzene rings is 1. The Bertz CT molecular complexity index is 1440. The summed E-state index contributed by atoms with van der Waals surface area (Å²) in [5.41, 5.74) is 7.11. The zero-order valence-corrected chi connectivity index (χ0v) is 19.8. The molecule has 4 heterocycles. The Balaban J connectivity index is 1.47. The van der Waals surface area contributed by atoms with Gasteiger partial charge in [0.15, 0.2) is 0 Å². The van der Waals surface area contributed by atoms with Gasteiger partial charge in [-0.25, -0.2) is 19.3 Å². The second-order valence-corrected chi connectivity index (χ2v) is 9.10. The molecule has 0 saturated carbocycles. The fraction of sp³-hybridized carbons (Fsp3) is 0.261. The lowest BCUT2D eigenvalue weighted by Crippen LogP contribution is -2.47. The van der Waals surface area contributed by atoms with Gasteiger partial charge in [-0.3, -0.25) is 9.59 Å². The van der Waals surface area contributed by atoms with E-state index in [1.54, 1.807) is 33.7 Å². The van der Waals surface area contributed by atoms with E-state index in [0.29, 0.717) is 45.2 Å². The maximum absolute atomic E-state index is 14.0. The fourth-order valence-corrected chi connectivity index (χ4v) is 4.98. The van der Waals surface area contributed by atoms with E-state index in [0.717, 1.165) is 0 Å². The van der Waals surface area contributed by atoms with Gasteiger partial charge in [0.25, 0.3) is 0 Å². The Kier molecular flexibility index (Phi) is 5.64. The number of fused-ring (bicyclic) bond motifs is 3. The van der Waals surface area contributed by atoms with Crippen molar-refractivity contribution < 1.29 is 14.0 Å². The number of aromatic nitrogens is 4. The van der Waals surface area contributed by atoms with Crippen molar-refractivity contribution in [1.82, 2.24) is 24.4 Å². The predicted octanol–water partition coefficient (Wildman–Crippen LogP) is 3.48. The molecule has 0 spiro atoms. The van der Waals surface area contributed by atoms with Gasteiger partial charge < -0.3 is 20.5 Å². The number of carbonyl (C=O) groups is 2. The van der Waals surface area contributed by atoms with E-state index in [-0.39, 0.29) is 30.2 Å². The molecule has 3 N–H and O–H groups in total. The molecule has 9 nitrogen and oxygen atoms in total. The van der Waals surface area contributed by atoms with Crippen LogP contribution in [0.5, 0.6) is 0 Å². The summed E-state index contributed by atoms with van der Waals surface area (Å²) in [6, 6.07) is 8.74. The molecule has 34 heavy (non-hydrogen) atoms. The van der Waals surface area contributed by atoms with Crippen LogP contribution < -0.4 is 11.1 Å². The first-order valence-corrected chi connectivity index (χ1v) is 11.6. The molecule has 4 aromatic rings. The molecule has 1 fully saturated rings. The molecule has 1 aliphatic heterocycles. The van der Waals surface area contributed by atoms with E-state index in [2.05, 4.69) is 36.2 Å². The van der Waals surface area contributed by atoms with Crippen molar-refractivity contribution in [3.8, 4) is 0 Å². The molecular formula is C23H21BrFN7O2. The van der Waals surface area contributed by atoms with Crippen molar-refractivity contribution in [2.24, 2.45) is 0 Å². The Labute approximate surface area is 202 Å². The van der Waals surface area contributed by atoms with Gasteiger partial charge in [-0.15, -0.1) is 0 Å². The summed E-state index contributed by atoms with van der Waals surface area (Å²) in [5.74, 6) is -0.345. The van der Waals surface area contributed by atoms with Crippen LogP contribution in [0.3, 0.4) is 0 Å². The van der Waals surface area contributed by atoms with Gasteiger partial charge in [0.2, 0.25) is 11.8 Å². The molecule has 2 amide bonds. The van der Waals surface area contributed by atoms with Crippen LogP contribution in [0.25, 0.3) is 21.9 Å². The Morgan fingerprint density at radius 3 is 2.85 bits per heavy atom. The highest BCUT2D eigenvalue weighted by atomic mass is 79.9. The standard InChI is InChI=1S/C23H21BrFN7O2/c1-12-5-7-16(23(34)30-18-4-2-3-17(24)29-18)32(12)19(33)10-31-15-8-6-13(25)9-14(15)20-21(26)27-11-28-22(20)31/h2-4,6,8-9,11-12,16H,5,7,10H2,1H3,(H2,26,27,28)(H,29,30,34)/t12-,16+/m1/s1. The van der Waals surface area contributed by atoms with Crippen LogP contribution >= 0.6 is 15.9 Å². The van der Waals surface area contributed by atoms with Crippen molar-refractivity contribution in [3.63, 3.8) is 0 Å². The number of nitrogen functional groups attached to an aromatic ring is 1. The minimum atomic E-state index is -0.631. The van der Waals surface area contributed by atoms with E-state index in [9.17, 15) is 14.0 Å². The number of halogens is 2. The molecule has 1 aliphatic rings. The lowest BCUT2D eigenvalue weighted by molar-refractivity contribution is -0.138. The average molecular weight is 526 g/mol. The highest BCUT2D eigenvalue weighted by Gasteiger charge is 2.39. The van der Waals surface area contributed by atoms with Gasteiger partial charge in [0.05, 0.1) is 10.9 Å². The second kappa shape index (κ2) is 8.64. The Morgan fingerprint density at radius 2 is 2.06 bits per heavy atom. The van der Waals surface area contributed by atoms with Crippen molar-refractivity contribution in [2.75, 3.05) is 11.1 Å². The summed E-state index contributed by atoms with van der Waals surface area (Å²) >= 11 is 3.29. The number of hydrogen-bond donors (Lipinski definition) is 2.